The fraction of sp³-hybridized carbons (Fsp3) is 0. The van der Waals surface area contributed by atoms with Crippen molar-refractivity contribution in [1.29, 1.82) is 0 Å². The largest absolute Gasteiger partial charge is 0.456 e. The molecular formula is C44H28O. The quantitative estimate of drug-likeness (QED) is 0.188. The third-order valence-electron chi connectivity index (χ3n) is 8.25. The first-order valence-corrected chi connectivity index (χ1v) is 14.6. The molecule has 45 heavy (non-hydrogen) atoms. The van der Waals surface area contributed by atoms with E-state index < -0.39 is 0 Å². The van der Waals surface area contributed by atoms with Gasteiger partial charge in [0.1, 0.15) is 11.2 Å². The Morgan fingerprint density at radius 2 is 0.911 bits per heavy atom. The average molecular weight is 583 g/mol. The third kappa shape index (κ3) is 4.17. The Morgan fingerprint density at radius 3 is 1.58 bits per heavy atom. The van der Waals surface area contributed by atoms with E-state index >= 15 is 0 Å². The van der Waals surface area contributed by atoms with Crippen molar-refractivity contribution in [2.75, 3.05) is 0 Å². The van der Waals surface area contributed by atoms with Gasteiger partial charge in [0.2, 0.25) is 0 Å². The SMILES string of the molecule is [2H]c1c([2H])c([2H])c(-c2c3ccccc3c(-c3c([2H])c([2H])c4oc5c([2H])c(-c6ccccc6)c([2H])c([2H])c5c4c3[2H])c3ccccc23)c(-c2ccccc2)c1[2H]. The van der Waals surface area contributed by atoms with Gasteiger partial charge in [-0.1, -0.05) is 145 Å². The van der Waals surface area contributed by atoms with E-state index in [1.807, 2.05) is 84.9 Å². The molecule has 0 bridgehead atoms. The van der Waals surface area contributed by atoms with E-state index in [1.54, 1.807) is 24.3 Å². The fourth-order valence-electron chi connectivity index (χ4n) is 6.25. The molecule has 210 valence electrons. The van der Waals surface area contributed by atoms with Gasteiger partial charge in [-0.2, -0.15) is 0 Å². The second-order valence-electron chi connectivity index (χ2n) is 10.8. The van der Waals surface area contributed by atoms with Crippen molar-refractivity contribution >= 4 is 43.5 Å². The Bertz CT molecular complexity index is 3030. The molecule has 0 amide bonds. The first kappa shape index (κ1) is 17.4. The molecule has 0 atom stereocenters. The molecule has 0 unspecified atom stereocenters. The van der Waals surface area contributed by atoms with Gasteiger partial charge < -0.3 is 4.42 Å². The van der Waals surface area contributed by atoms with E-state index in [1.165, 1.54) is 0 Å². The van der Waals surface area contributed by atoms with E-state index in [0.717, 1.165) is 0 Å². The third-order valence-corrected chi connectivity index (χ3v) is 8.25. The highest BCUT2D eigenvalue weighted by Gasteiger charge is 2.19. The van der Waals surface area contributed by atoms with E-state index in [4.69, 9.17) is 12.6 Å². The number of fused-ring (bicyclic) bond motifs is 5. The molecule has 0 saturated heterocycles. The van der Waals surface area contributed by atoms with Gasteiger partial charge in [0.05, 0.1) is 13.7 Å². The summed E-state index contributed by atoms with van der Waals surface area (Å²) in [7, 11) is 0. The van der Waals surface area contributed by atoms with Crippen molar-refractivity contribution in [1.82, 2.24) is 0 Å². The Labute approximate surface area is 275 Å². The molecule has 9 aromatic rings. The van der Waals surface area contributed by atoms with Gasteiger partial charge in [-0.05, 0) is 90.2 Å². The Morgan fingerprint density at radius 1 is 0.356 bits per heavy atom. The number of benzene rings is 8. The smallest absolute Gasteiger partial charge is 0.136 e. The molecule has 1 aromatic heterocycles. The molecule has 8 aromatic carbocycles. The molecule has 9 rings (SSSR count). The zero-order valence-electron chi connectivity index (χ0n) is 33.8. The number of rotatable bonds is 4. The standard InChI is InChI=1S/C44H28O/c1-3-13-29(14-4-1)31-23-25-34-40-27-32(24-26-41(40)45-42(34)28-31)43-36-19-9-11-21-38(36)44(39-22-12-10-20-37(39)43)35-18-8-7-17-33(35)30-15-5-2-6-16-30/h1-28H/i7D,8D,17D,18D,23D,24D,25D,26D,27D,28D. The molecule has 1 heteroatoms. The van der Waals surface area contributed by atoms with Crippen LogP contribution in [0, 0.1) is 0 Å². The van der Waals surface area contributed by atoms with Gasteiger partial charge in [0.15, 0.2) is 0 Å². The molecule has 1 heterocycles. The Balaban J connectivity index is 1.44. The van der Waals surface area contributed by atoms with Crippen molar-refractivity contribution in [3.63, 3.8) is 0 Å². The summed E-state index contributed by atoms with van der Waals surface area (Å²) in [5.41, 5.74) is 2.99. The summed E-state index contributed by atoms with van der Waals surface area (Å²) in [6.07, 6.45) is 0. The van der Waals surface area contributed by atoms with Crippen LogP contribution < -0.4 is 0 Å². The molecule has 0 fully saturated rings. The molecule has 0 N–H and O–H groups in total. The van der Waals surface area contributed by atoms with Gasteiger partial charge in [-0.15, -0.1) is 0 Å². The van der Waals surface area contributed by atoms with Crippen LogP contribution in [0.15, 0.2) is 174 Å². The summed E-state index contributed by atoms with van der Waals surface area (Å²) in [6.45, 7) is 0. The summed E-state index contributed by atoms with van der Waals surface area (Å²) >= 11 is 0. The molecule has 0 spiro atoms. The van der Waals surface area contributed by atoms with Crippen molar-refractivity contribution in [2.45, 2.75) is 0 Å². The second-order valence-corrected chi connectivity index (χ2v) is 10.8. The molecule has 0 aliphatic heterocycles. The van der Waals surface area contributed by atoms with E-state index in [0.29, 0.717) is 54.9 Å². The highest BCUT2D eigenvalue weighted by Crippen LogP contribution is 2.46. The summed E-state index contributed by atoms with van der Waals surface area (Å²) < 4.78 is 97.3. The average Bonchev–Trinajstić information content (AvgIpc) is 3.62. The second kappa shape index (κ2) is 10.4. The van der Waals surface area contributed by atoms with Crippen LogP contribution in [0.25, 0.3) is 88.0 Å². The normalized spacial score (nSPS) is 14.7. The zero-order chi connectivity index (χ0) is 38.4. The zero-order valence-corrected chi connectivity index (χ0v) is 23.8. The molecule has 1 nitrogen and oxygen atoms in total. The summed E-state index contributed by atoms with van der Waals surface area (Å²) in [4.78, 5) is 0. The maximum absolute atomic E-state index is 9.73. The van der Waals surface area contributed by atoms with Crippen LogP contribution in [0.1, 0.15) is 13.7 Å². The van der Waals surface area contributed by atoms with Gasteiger partial charge >= 0.3 is 0 Å². The van der Waals surface area contributed by atoms with E-state index in [2.05, 4.69) is 0 Å². The van der Waals surface area contributed by atoms with E-state index in [9.17, 15) is 5.48 Å². The Hall–Kier alpha value is -5.92. The summed E-state index contributed by atoms with van der Waals surface area (Å²) in [6, 6.07) is 30.1. The predicted molar refractivity (Wildman–Crippen MR) is 190 cm³/mol. The minimum absolute atomic E-state index is 0.0369. The topological polar surface area (TPSA) is 13.1 Å². The van der Waals surface area contributed by atoms with Crippen molar-refractivity contribution in [2.24, 2.45) is 0 Å². The molecule has 0 saturated carbocycles. The van der Waals surface area contributed by atoms with Gasteiger partial charge in [0, 0.05) is 10.8 Å². The van der Waals surface area contributed by atoms with Crippen LogP contribution >= 0.6 is 0 Å². The molecule has 0 aliphatic rings. The monoisotopic (exact) mass is 582 g/mol. The van der Waals surface area contributed by atoms with Gasteiger partial charge in [-0.25, -0.2) is 0 Å². The van der Waals surface area contributed by atoms with Crippen LogP contribution in [-0.4, -0.2) is 0 Å². The molecule has 0 radical (unpaired) electrons. The van der Waals surface area contributed by atoms with Crippen LogP contribution in [-0.2, 0) is 0 Å². The first-order valence-electron chi connectivity index (χ1n) is 19.6. The highest BCUT2D eigenvalue weighted by molar-refractivity contribution is 6.23. The van der Waals surface area contributed by atoms with Crippen molar-refractivity contribution < 1.29 is 18.1 Å². The van der Waals surface area contributed by atoms with Crippen LogP contribution in [0.2, 0.25) is 0 Å². The summed E-state index contributed by atoms with van der Waals surface area (Å²) in [5, 5.41) is 2.50. The Kier molecular flexibility index (Phi) is 4.01. The lowest BCUT2D eigenvalue weighted by Gasteiger charge is -2.19. The van der Waals surface area contributed by atoms with Crippen LogP contribution in [0.3, 0.4) is 0 Å². The van der Waals surface area contributed by atoms with Crippen LogP contribution in [0.5, 0.6) is 0 Å². The van der Waals surface area contributed by atoms with Gasteiger partial charge in [-0.3, -0.25) is 0 Å². The van der Waals surface area contributed by atoms with E-state index in [-0.39, 0.29) is 93.5 Å². The minimum Gasteiger partial charge on any atom is -0.456 e. The highest BCUT2D eigenvalue weighted by atomic mass is 16.3. The van der Waals surface area contributed by atoms with Crippen molar-refractivity contribution in [3.05, 3.63) is 170 Å². The summed E-state index contributed by atoms with van der Waals surface area (Å²) in [5.74, 6) is 0. The van der Waals surface area contributed by atoms with Crippen LogP contribution in [0.4, 0.5) is 0 Å². The maximum atomic E-state index is 9.73. The lowest BCUT2D eigenvalue weighted by atomic mass is 9.83. The minimum atomic E-state index is -0.376. The van der Waals surface area contributed by atoms with Gasteiger partial charge in [0.25, 0.3) is 0 Å². The number of hydrogen-bond acceptors (Lipinski definition) is 1. The predicted octanol–water partition coefficient (Wildman–Crippen LogP) is 12.6. The van der Waals surface area contributed by atoms with Crippen molar-refractivity contribution in [3.8, 4) is 44.5 Å². The lowest BCUT2D eigenvalue weighted by Crippen LogP contribution is -1.92. The fourth-order valence-corrected chi connectivity index (χ4v) is 6.25. The lowest BCUT2D eigenvalue weighted by molar-refractivity contribution is 0.669. The first-order chi connectivity index (χ1) is 26.5. The number of hydrogen-bond donors (Lipinski definition) is 0. The maximum Gasteiger partial charge on any atom is 0.136 e. The molecular weight excluding hydrogens is 544 g/mol. The molecule has 0 aliphatic carbocycles. The number of furan rings is 1.